The van der Waals surface area contributed by atoms with Crippen molar-refractivity contribution in [3.63, 3.8) is 0 Å². The molecule has 2 unspecified atom stereocenters. The summed E-state index contributed by atoms with van der Waals surface area (Å²) in [6.07, 6.45) is 0. The minimum Gasteiger partial charge on any atom is -0.494 e. The number of hydrogen-bond acceptors (Lipinski definition) is 5. The molecule has 6 heteroatoms. The number of aryl methyl sites for hydroxylation is 1. The van der Waals surface area contributed by atoms with Crippen LogP contribution in [0.2, 0.25) is 0 Å². The first-order valence-corrected chi connectivity index (χ1v) is 6.83. The van der Waals surface area contributed by atoms with Gasteiger partial charge in [0.05, 0.1) is 12.6 Å². The minimum atomic E-state index is 0.0553. The molecule has 0 saturated carbocycles. The number of para-hydroxylation sites is 1. The molecule has 1 N–H and O–H groups in total. The Morgan fingerprint density at radius 1 is 1.25 bits per heavy atom. The normalized spacial score (nSPS) is 14.0. The molecule has 1 heterocycles. The van der Waals surface area contributed by atoms with Crippen LogP contribution >= 0.6 is 0 Å². The maximum absolute atomic E-state index is 5.67. The number of hydrogen-bond donors (Lipinski definition) is 1. The molecule has 0 fully saturated rings. The van der Waals surface area contributed by atoms with Gasteiger partial charge in [-0.25, -0.2) is 4.68 Å². The second kappa shape index (κ2) is 6.47. The highest BCUT2D eigenvalue weighted by Gasteiger charge is 2.17. The van der Waals surface area contributed by atoms with E-state index in [9.17, 15) is 0 Å². The molecule has 2 aromatic rings. The molecule has 6 nitrogen and oxygen atoms in total. The van der Waals surface area contributed by atoms with Gasteiger partial charge in [-0.1, -0.05) is 18.2 Å². The second-order valence-corrected chi connectivity index (χ2v) is 4.74. The summed E-state index contributed by atoms with van der Waals surface area (Å²) >= 11 is 0. The summed E-state index contributed by atoms with van der Waals surface area (Å²) in [4.78, 5) is 0. The van der Waals surface area contributed by atoms with Gasteiger partial charge in [-0.05, 0) is 37.3 Å². The van der Waals surface area contributed by atoms with Crippen molar-refractivity contribution in [3.8, 4) is 5.75 Å². The Hall–Kier alpha value is -1.95. The first-order chi connectivity index (χ1) is 9.63. The van der Waals surface area contributed by atoms with E-state index in [2.05, 4.69) is 33.8 Å². The highest BCUT2D eigenvalue weighted by atomic mass is 16.5. The highest BCUT2D eigenvalue weighted by molar-refractivity contribution is 5.35. The number of ether oxygens (including phenoxy) is 1. The van der Waals surface area contributed by atoms with Crippen LogP contribution in [0.3, 0.4) is 0 Å². The Morgan fingerprint density at radius 2 is 2.00 bits per heavy atom. The zero-order valence-corrected chi connectivity index (χ0v) is 12.4. The van der Waals surface area contributed by atoms with Crippen LogP contribution in [-0.4, -0.2) is 26.8 Å². The molecule has 0 spiro atoms. The fraction of sp³-hybridized carbons (Fsp3) is 0.500. The predicted octanol–water partition coefficient (Wildman–Crippen LogP) is 2.02. The molecule has 108 valence electrons. The predicted molar refractivity (Wildman–Crippen MR) is 76.4 cm³/mol. The first kappa shape index (κ1) is 14.5. The lowest BCUT2D eigenvalue weighted by atomic mass is 10.1. The van der Waals surface area contributed by atoms with Gasteiger partial charge in [0.25, 0.3) is 0 Å². The van der Waals surface area contributed by atoms with Crippen LogP contribution in [0.1, 0.15) is 44.2 Å². The van der Waals surface area contributed by atoms with Crippen molar-refractivity contribution in [1.82, 2.24) is 25.5 Å². The van der Waals surface area contributed by atoms with Crippen molar-refractivity contribution in [3.05, 3.63) is 35.7 Å². The van der Waals surface area contributed by atoms with Crippen molar-refractivity contribution in [1.29, 1.82) is 0 Å². The van der Waals surface area contributed by atoms with Crippen LogP contribution in [0.15, 0.2) is 24.3 Å². The van der Waals surface area contributed by atoms with Gasteiger partial charge in [-0.3, -0.25) is 0 Å². The molecule has 2 atom stereocenters. The lowest BCUT2D eigenvalue weighted by Gasteiger charge is -2.21. The van der Waals surface area contributed by atoms with E-state index in [1.54, 1.807) is 4.68 Å². The monoisotopic (exact) mass is 275 g/mol. The smallest absolute Gasteiger partial charge is 0.167 e. The van der Waals surface area contributed by atoms with Gasteiger partial charge in [-0.2, -0.15) is 0 Å². The second-order valence-electron chi connectivity index (χ2n) is 4.74. The van der Waals surface area contributed by atoms with Gasteiger partial charge in [-0.15, -0.1) is 5.10 Å². The standard InChI is InChI=1S/C14H21N5O/c1-5-20-13-9-7-6-8-12(13)10(2)15-11(3)14-16-17-18-19(14)4/h6-11,15H,5H2,1-4H3. The number of benzene rings is 1. The van der Waals surface area contributed by atoms with E-state index in [-0.39, 0.29) is 12.1 Å². The van der Waals surface area contributed by atoms with Gasteiger partial charge in [0.2, 0.25) is 0 Å². The molecular formula is C14H21N5O. The molecule has 0 saturated heterocycles. The Balaban J connectivity index is 2.12. The molecule has 0 bridgehead atoms. The van der Waals surface area contributed by atoms with Crippen LogP contribution < -0.4 is 10.1 Å². The third kappa shape index (κ3) is 3.14. The van der Waals surface area contributed by atoms with E-state index in [1.165, 1.54) is 0 Å². The topological polar surface area (TPSA) is 64.9 Å². The number of rotatable bonds is 6. The highest BCUT2D eigenvalue weighted by Crippen LogP contribution is 2.26. The summed E-state index contributed by atoms with van der Waals surface area (Å²) in [5.74, 6) is 1.73. The number of tetrazole rings is 1. The third-order valence-electron chi connectivity index (χ3n) is 3.23. The Kier molecular flexibility index (Phi) is 4.68. The number of nitrogens with zero attached hydrogens (tertiary/aromatic N) is 4. The van der Waals surface area contributed by atoms with E-state index in [4.69, 9.17) is 4.74 Å². The summed E-state index contributed by atoms with van der Waals surface area (Å²) in [5.41, 5.74) is 1.14. The van der Waals surface area contributed by atoms with Gasteiger partial charge >= 0.3 is 0 Å². The summed E-state index contributed by atoms with van der Waals surface area (Å²) < 4.78 is 7.35. The summed E-state index contributed by atoms with van der Waals surface area (Å²) in [6.45, 7) is 6.80. The summed E-state index contributed by atoms with van der Waals surface area (Å²) in [7, 11) is 1.84. The van der Waals surface area contributed by atoms with E-state index in [1.807, 2.05) is 39.1 Å². The maximum atomic E-state index is 5.67. The molecule has 0 aliphatic carbocycles. The van der Waals surface area contributed by atoms with Crippen molar-refractivity contribution in [2.75, 3.05) is 6.61 Å². The molecule has 2 rings (SSSR count). The average Bonchev–Trinajstić information content (AvgIpc) is 2.86. The lowest BCUT2D eigenvalue weighted by Crippen LogP contribution is -2.25. The quantitative estimate of drug-likeness (QED) is 0.873. The first-order valence-electron chi connectivity index (χ1n) is 6.83. The molecule has 1 aromatic heterocycles. The zero-order chi connectivity index (χ0) is 14.5. The Morgan fingerprint density at radius 3 is 2.65 bits per heavy atom. The molecular weight excluding hydrogens is 254 g/mol. The largest absolute Gasteiger partial charge is 0.494 e. The number of nitrogens with one attached hydrogen (secondary N) is 1. The average molecular weight is 275 g/mol. The fourth-order valence-corrected chi connectivity index (χ4v) is 2.27. The molecule has 0 radical (unpaired) electrons. The van der Waals surface area contributed by atoms with Gasteiger partial charge in [0.15, 0.2) is 5.82 Å². The van der Waals surface area contributed by atoms with E-state index >= 15 is 0 Å². The van der Waals surface area contributed by atoms with Gasteiger partial charge < -0.3 is 10.1 Å². The van der Waals surface area contributed by atoms with Crippen LogP contribution in [0.5, 0.6) is 5.75 Å². The van der Waals surface area contributed by atoms with E-state index < -0.39 is 0 Å². The van der Waals surface area contributed by atoms with Crippen LogP contribution in [-0.2, 0) is 7.05 Å². The van der Waals surface area contributed by atoms with Crippen LogP contribution in [0.25, 0.3) is 0 Å². The Bertz CT molecular complexity index is 554. The fourth-order valence-electron chi connectivity index (χ4n) is 2.27. The summed E-state index contributed by atoms with van der Waals surface area (Å²) in [5, 5.41) is 15.0. The lowest BCUT2D eigenvalue weighted by molar-refractivity contribution is 0.330. The van der Waals surface area contributed by atoms with Crippen molar-refractivity contribution >= 4 is 0 Å². The Labute approximate surface area is 119 Å². The van der Waals surface area contributed by atoms with Crippen LogP contribution in [0, 0.1) is 0 Å². The molecule has 0 aliphatic rings. The number of aromatic nitrogens is 4. The third-order valence-corrected chi connectivity index (χ3v) is 3.23. The SMILES string of the molecule is CCOc1ccccc1C(C)NC(C)c1nnnn1C. The maximum Gasteiger partial charge on any atom is 0.167 e. The van der Waals surface area contributed by atoms with Crippen LogP contribution in [0.4, 0.5) is 0 Å². The summed E-state index contributed by atoms with van der Waals surface area (Å²) in [6, 6.07) is 8.27. The van der Waals surface area contributed by atoms with Gasteiger partial charge in [0, 0.05) is 18.7 Å². The van der Waals surface area contributed by atoms with Crippen molar-refractivity contribution in [2.24, 2.45) is 7.05 Å². The molecule has 1 aromatic carbocycles. The van der Waals surface area contributed by atoms with Gasteiger partial charge in [0.1, 0.15) is 5.75 Å². The molecule has 20 heavy (non-hydrogen) atoms. The zero-order valence-electron chi connectivity index (χ0n) is 12.4. The van der Waals surface area contributed by atoms with Crippen molar-refractivity contribution < 1.29 is 4.74 Å². The van der Waals surface area contributed by atoms with E-state index in [0.29, 0.717) is 6.61 Å². The molecule has 0 amide bonds. The molecule has 0 aliphatic heterocycles. The van der Waals surface area contributed by atoms with E-state index in [0.717, 1.165) is 17.1 Å². The van der Waals surface area contributed by atoms with Crippen molar-refractivity contribution in [2.45, 2.75) is 32.9 Å². The minimum absolute atomic E-state index is 0.0553.